The van der Waals surface area contributed by atoms with Gasteiger partial charge < -0.3 is 19.9 Å². The number of hydrogen-bond acceptors (Lipinski definition) is 5. The lowest BCUT2D eigenvalue weighted by Crippen LogP contribution is -2.40. The molecule has 0 radical (unpaired) electrons. The van der Waals surface area contributed by atoms with E-state index in [1.165, 1.54) is 0 Å². The van der Waals surface area contributed by atoms with Gasteiger partial charge in [-0.1, -0.05) is 24.2 Å². The maximum Gasteiger partial charge on any atom is 0.257 e. The van der Waals surface area contributed by atoms with Gasteiger partial charge in [-0.15, -0.1) is 0 Å². The zero-order chi connectivity index (χ0) is 18.2. The maximum absolute atomic E-state index is 5.63. The van der Waals surface area contributed by atoms with Crippen LogP contribution < -0.4 is 10.6 Å². The molecule has 0 bridgehead atoms. The number of nitrogens with zero attached hydrogens (tertiary/aromatic N) is 3. The van der Waals surface area contributed by atoms with Crippen molar-refractivity contribution >= 4 is 5.96 Å². The van der Waals surface area contributed by atoms with Crippen LogP contribution >= 0.6 is 0 Å². The number of aliphatic imine (C=N–C) groups is 1. The van der Waals surface area contributed by atoms with Gasteiger partial charge in [0, 0.05) is 38.7 Å². The Hall–Kier alpha value is -2.41. The topological polar surface area (TPSA) is 84.6 Å². The highest BCUT2D eigenvalue weighted by Gasteiger charge is 2.15. The molecule has 1 aromatic heterocycles. The van der Waals surface area contributed by atoms with Crippen LogP contribution in [0.1, 0.15) is 37.6 Å². The zero-order valence-corrected chi connectivity index (χ0v) is 15.5. The molecule has 140 valence electrons. The molecule has 1 atom stereocenters. The minimum absolute atomic E-state index is 0.284. The molecule has 1 aromatic carbocycles. The Labute approximate surface area is 154 Å². The molecule has 0 spiro atoms. The predicted octanol–water partition coefficient (Wildman–Crippen LogP) is 2.53. The Morgan fingerprint density at radius 2 is 2.27 bits per heavy atom. The minimum Gasteiger partial charge on any atom is -0.376 e. The van der Waals surface area contributed by atoms with Gasteiger partial charge in [0.2, 0.25) is 0 Å². The molecule has 7 nitrogen and oxygen atoms in total. The Morgan fingerprint density at radius 1 is 1.35 bits per heavy atom. The lowest BCUT2D eigenvalue weighted by Gasteiger charge is -2.15. The lowest BCUT2D eigenvalue weighted by molar-refractivity contribution is 0.114. The van der Waals surface area contributed by atoms with E-state index in [2.05, 4.69) is 44.8 Å². The highest BCUT2D eigenvalue weighted by Crippen LogP contribution is 2.19. The van der Waals surface area contributed by atoms with Gasteiger partial charge in [-0.3, -0.25) is 4.99 Å². The van der Waals surface area contributed by atoms with E-state index in [-0.39, 0.29) is 6.10 Å². The second-order valence-corrected chi connectivity index (χ2v) is 6.41. The molecule has 2 aromatic rings. The number of aromatic nitrogens is 2. The number of rotatable bonds is 7. The van der Waals surface area contributed by atoms with Crippen LogP contribution in [-0.2, 0) is 17.7 Å². The van der Waals surface area contributed by atoms with Gasteiger partial charge in [-0.05, 0) is 37.0 Å². The number of hydrogen-bond donors (Lipinski definition) is 2. The second kappa shape index (κ2) is 9.33. The molecule has 2 N–H and O–H groups in total. The zero-order valence-electron chi connectivity index (χ0n) is 15.5. The fourth-order valence-electron chi connectivity index (χ4n) is 2.93. The van der Waals surface area contributed by atoms with Gasteiger partial charge in [0.15, 0.2) is 11.8 Å². The summed E-state index contributed by atoms with van der Waals surface area (Å²) in [6, 6.07) is 8.10. The summed E-state index contributed by atoms with van der Waals surface area (Å²) in [5.41, 5.74) is 2.05. The van der Waals surface area contributed by atoms with Crippen LogP contribution in [0.15, 0.2) is 33.8 Å². The molecule has 0 saturated carbocycles. The normalized spacial score (nSPS) is 17.5. The first-order valence-electron chi connectivity index (χ1n) is 9.26. The first kappa shape index (κ1) is 18.4. The van der Waals surface area contributed by atoms with Gasteiger partial charge in [0.25, 0.3) is 5.89 Å². The summed E-state index contributed by atoms with van der Waals surface area (Å²) >= 11 is 0. The van der Waals surface area contributed by atoms with Crippen molar-refractivity contribution in [2.75, 3.05) is 20.2 Å². The molecule has 1 aliphatic rings. The van der Waals surface area contributed by atoms with Crippen LogP contribution in [-0.4, -0.2) is 42.4 Å². The Balaban J connectivity index is 1.55. The second-order valence-electron chi connectivity index (χ2n) is 6.41. The van der Waals surface area contributed by atoms with Gasteiger partial charge in [0.1, 0.15) is 0 Å². The van der Waals surface area contributed by atoms with Gasteiger partial charge >= 0.3 is 0 Å². The number of benzene rings is 1. The minimum atomic E-state index is 0.284. The van der Waals surface area contributed by atoms with Gasteiger partial charge in [-0.25, -0.2) is 0 Å². The molecule has 1 unspecified atom stereocenters. The van der Waals surface area contributed by atoms with E-state index in [1.54, 1.807) is 7.05 Å². The van der Waals surface area contributed by atoms with E-state index in [0.29, 0.717) is 12.4 Å². The summed E-state index contributed by atoms with van der Waals surface area (Å²) in [6.45, 7) is 4.40. The van der Waals surface area contributed by atoms with Crippen molar-refractivity contribution < 1.29 is 9.26 Å². The Bertz CT molecular complexity index is 722. The summed E-state index contributed by atoms with van der Waals surface area (Å²) in [7, 11) is 1.77. The van der Waals surface area contributed by atoms with Gasteiger partial charge in [-0.2, -0.15) is 4.98 Å². The van der Waals surface area contributed by atoms with Crippen LogP contribution in [0.2, 0.25) is 0 Å². The Kier molecular flexibility index (Phi) is 6.60. The van der Waals surface area contributed by atoms with Crippen molar-refractivity contribution in [1.82, 2.24) is 20.8 Å². The molecule has 1 saturated heterocycles. The van der Waals surface area contributed by atoms with Crippen molar-refractivity contribution in [3.8, 4) is 11.5 Å². The third-order valence-corrected chi connectivity index (χ3v) is 4.32. The van der Waals surface area contributed by atoms with Crippen LogP contribution in [0.25, 0.3) is 11.5 Å². The van der Waals surface area contributed by atoms with E-state index < -0.39 is 0 Å². The predicted molar refractivity (Wildman–Crippen MR) is 101 cm³/mol. The van der Waals surface area contributed by atoms with E-state index >= 15 is 0 Å². The van der Waals surface area contributed by atoms with Crippen molar-refractivity contribution in [1.29, 1.82) is 0 Å². The molecule has 26 heavy (non-hydrogen) atoms. The number of nitrogens with one attached hydrogen (secondary N) is 2. The molecular weight excluding hydrogens is 330 g/mol. The fraction of sp³-hybridized carbons (Fsp3) is 0.526. The van der Waals surface area contributed by atoms with Crippen LogP contribution in [0.3, 0.4) is 0 Å². The largest absolute Gasteiger partial charge is 0.376 e. The maximum atomic E-state index is 5.63. The third-order valence-electron chi connectivity index (χ3n) is 4.32. The quantitative estimate of drug-likeness (QED) is 0.585. The molecule has 7 heteroatoms. The molecule has 0 aliphatic carbocycles. The molecule has 0 amide bonds. The van der Waals surface area contributed by atoms with Crippen molar-refractivity contribution in [2.24, 2.45) is 4.99 Å². The molecular formula is C19H27N5O2. The van der Waals surface area contributed by atoms with Crippen LogP contribution in [0.5, 0.6) is 0 Å². The van der Waals surface area contributed by atoms with Crippen LogP contribution in [0.4, 0.5) is 0 Å². The smallest absolute Gasteiger partial charge is 0.257 e. The molecule has 2 heterocycles. The highest BCUT2D eigenvalue weighted by atomic mass is 16.5. The van der Waals surface area contributed by atoms with Crippen molar-refractivity contribution in [2.45, 2.75) is 45.3 Å². The summed E-state index contributed by atoms with van der Waals surface area (Å²) < 4.78 is 11.0. The monoisotopic (exact) mass is 357 g/mol. The number of aryl methyl sites for hydroxylation is 1. The summed E-state index contributed by atoms with van der Waals surface area (Å²) in [5, 5.41) is 10.7. The van der Waals surface area contributed by atoms with E-state index in [0.717, 1.165) is 61.7 Å². The van der Waals surface area contributed by atoms with Crippen LogP contribution in [0, 0.1) is 0 Å². The lowest BCUT2D eigenvalue weighted by atomic mass is 10.1. The van der Waals surface area contributed by atoms with Gasteiger partial charge in [0.05, 0.1) is 6.10 Å². The number of ether oxygens (including phenoxy) is 1. The molecule has 1 aliphatic heterocycles. The average Bonchev–Trinajstić information content (AvgIpc) is 3.34. The van der Waals surface area contributed by atoms with E-state index in [4.69, 9.17) is 9.26 Å². The third kappa shape index (κ3) is 5.05. The van der Waals surface area contributed by atoms with E-state index in [1.807, 2.05) is 12.1 Å². The first-order chi connectivity index (χ1) is 12.8. The SMILES string of the molecule is CCCc1noc(-c2cccc(CNC(=NC)NCC3CCCO3)c2)n1. The summed E-state index contributed by atoms with van der Waals surface area (Å²) in [5.74, 6) is 2.09. The summed E-state index contributed by atoms with van der Waals surface area (Å²) in [6.07, 6.45) is 4.36. The molecule has 1 fully saturated rings. The van der Waals surface area contributed by atoms with Crippen molar-refractivity contribution in [3.05, 3.63) is 35.7 Å². The molecule has 3 rings (SSSR count). The standard InChI is InChI=1S/C19H27N5O2/c1-3-6-17-23-18(26-24-17)15-8-4-7-14(11-15)12-21-19(20-2)22-13-16-9-5-10-25-16/h4,7-8,11,16H,3,5-6,9-10,12-13H2,1-2H3,(H2,20,21,22). The average molecular weight is 357 g/mol. The Morgan fingerprint density at radius 3 is 3.04 bits per heavy atom. The highest BCUT2D eigenvalue weighted by molar-refractivity contribution is 5.79. The fourth-order valence-corrected chi connectivity index (χ4v) is 2.93. The summed E-state index contributed by atoms with van der Waals surface area (Å²) in [4.78, 5) is 8.71. The number of guanidine groups is 1. The van der Waals surface area contributed by atoms with E-state index in [9.17, 15) is 0 Å². The van der Waals surface area contributed by atoms with Crippen molar-refractivity contribution in [3.63, 3.8) is 0 Å². The first-order valence-corrected chi connectivity index (χ1v) is 9.26.